The molecule has 0 aromatic heterocycles. The van der Waals surface area contributed by atoms with Crippen LogP contribution in [-0.4, -0.2) is 35.7 Å². The number of ketones is 1. The molecule has 0 saturated carbocycles. The van der Waals surface area contributed by atoms with Crippen LogP contribution < -0.4 is 19.7 Å². The number of carbonyl (C=O) groups excluding carboxylic acids is 2. The van der Waals surface area contributed by atoms with Crippen molar-refractivity contribution in [2.75, 3.05) is 22.8 Å². The van der Waals surface area contributed by atoms with Crippen LogP contribution in [0.3, 0.4) is 0 Å². The van der Waals surface area contributed by atoms with Gasteiger partial charge in [-0.2, -0.15) is 0 Å². The number of hydrogen-bond donors (Lipinski definition) is 1. The number of hydrogen-bond acceptors (Lipinski definition) is 6. The summed E-state index contributed by atoms with van der Waals surface area (Å²) in [6.45, 7) is 0.177. The van der Waals surface area contributed by atoms with Crippen molar-refractivity contribution in [3.05, 3.63) is 96.6 Å². The maximum absolute atomic E-state index is 13.5. The third-order valence-corrected chi connectivity index (χ3v) is 8.41. The van der Waals surface area contributed by atoms with E-state index in [0.717, 1.165) is 15.5 Å². The van der Waals surface area contributed by atoms with Crippen LogP contribution in [0.15, 0.2) is 101 Å². The quantitative estimate of drug-likeness (QED) is 0.314. The molecule has 0 spiro atoms. The van der Waals surface area contributed by atoms with Gasteiger partial charge >= 0.3 is 6.03 Å². The molecule has 3 aromatic rings. The topological polar surface area (TPSA) is 67.9 Å². The summed E-state index contributed by atoms with van der Waals surface area (Å²) in [6.07, 6.45) is 8.23. The molecule has 1 aliphatic carbocycles. The lowest BCUT2D eigenvalue weighted by atomic mass is 10.1. The number of thioether (sulfide) groups is 2. The molecule has 2 unspecified atom stereocenters. The molecular weight excluding hydrogens is 492 g/mol. The van der Waals surface area contributed by atoms with Crippen LogP contribution in [0.25, 0.3) is 0 Å². The van der Waals surface area contributed by atoms with Crippen molar-refractivity contribution >= 4 is 46.7 Å². The molecule has 180 valence electrons. The molecule has 36 heavy (non-hydrogen) atoms. The number of rotatable bonds is 5. The number of urea groups is 1. The lowest BCUT2D eigenvalue weighted by molar-refractivity contribution is 0.102. The van der Waals surface area contributed by atoms with E-state index in [0.29, 0.717) is 22.7 Å². The molecule has 0 saturated heterocycles. The molecular formula is C28H22N2O4S2. The van der Waals surface area contributed by atoms with E-state index < -0.39 is 0 Å². The average molecular weight is 515 g/mol. The monoisotopic (exact) mass is 514 g/mol. The number of allylic oxidation sites excluding steroid dienone is 2. The Bertz CT molecular complexity index is 1400. The SMILES string of the molecule is O=C(CSc1cccc(NC(=O)N2c3ccccc3SC3C=CC=CC32)c1)c1ccc2c(c1)OCO2. The van der Waals surface area contributed by atoms with E-state index in [1.165, 1.54) is 11.8 Å². The smallest absolute Gasteiger partial charge is 0.326 e. The molecule has 6 nitrogen and oxygen atoms in total. The first-order chi connectivity index (χ1) is 17.7. The Balaban J connectivity index is 1.15. The van der Waals surface area contributed by atoms with Crippen LogP contribution in [0.4, 0.5) is 16.2 Å². The number of carbonyl (C=O) groups is 2. The van der Waals surface area contributed by atoms with Gasteiger partial charge in [0.25, 0.3) is 0 Å². The molecule has 1 N–H and O–H groups in total. The normalized spacial score (nSPS) is 18.9. The van der Waals surface area contributed by atoms with Crippen molar-refractivity contribution < 1.29 is 19.1 Å². The first-order valence-electron chi connectivity index (χ1n) is 11.5. The summed E-state index contributed by atoms with van der Waals surface area (Å²) in [7, 11) is 0. The number of Topliss-reactive ketones (excluding diaryl/α,β-unsaturated/α-hetero) is 1. The number of ether oxygens (including phenoxy) is 2. The van der Waals surface area contributed by atoms with Gasteiger partial charge in [-0.25, -0.2) is 4.79 Å². The molecule has 8 heteroatoms. The van der Waals surface area contributed by atoms with Crippen molar-refractivity contribution in [3.63, 3.8) is 0 Å². The number of para-hydroxylation sites is 1. The standard InChI is InChI=1S/C28H22N2O4S2/c31-23(18-12-13-24-25(14-18)34-17-33-24)16-35-20-7-5-6-19(15-20)29-28(32)30-21-8-1-3-10-26(21)36-27-11-4-2-9-22(27)30/h1-15,21,26H,16-17H2,(H,29,32). The minimum Gasteiger partial charge on any atom is -0.454 e. The molecule has 2 atom stereocenters. The minimum absolute atomic E-state index is 0.00153. The van der Waals surface area contributed by atoms with Gasteiger partial charge < -0.3 is 14.8 Å². The van der Waals surface area contributed by atoms with Gasteiger partial charge in [0.05, 0.1) is 22.7 Å². The number of fused-ring (bicyclic) bond motifs is 3. The molecule has 0 bridgehead atoms. The second kappa shape index (κ2) is 9.79. The Morgan fingerprint density at radius 1 is 0.972 bits per heavy atom. The predicted molar refractivity (Wildman–Crippen MR) is 144 cm³/mol. The molecule has 2 heterocycles. The van der Waals surface area contributed by atoms with Crippen LogP contribution in [0, 0.1) is 0 Å². The van der Waals surface area contributed by atoms with Crippen molar-refractivity contribution in [1.82, 2.24) is 0 Å². The average Bonchev–Trinajstić information content (AvgIpc) is 3.38. The lowest BCUT2D eigenvalue weighted by Gasteiger charge is -2.40. The van der Waals surface area contributed by atoms with Crippen molar-refractivity contribution in [2.45, 2.75) is 21.1 Å². The highest BCUT2D eigenvalue weighted by Gasteiger charge is 2.36. The molecule has 6 rings (SSSR count). The number of amides is 2. The highest BCUT2D eigenvalue weighted by molar-refractivity contribution is 8.00. The van der Waals surface area contributed by atoms with Gasteiger partial charge in [-0.1, -0.05) is 42.5 Å². The van der Waals surface area contributed by atoms with E-state index in [1.807, 2.05) is 59.5 Å². The van der Waals surface area contributed by atoms with E-state index in [9.17, 15) is 9.59 Å². The highest BCUT2D eigenvalue weighted by atomic mass is 32.2. The summed E-state index contributed by atoms with van der Waals surface area (Å²) in [4.78, 5) is 30.0. The summed E-state index contributed by atoms with van der Waals surface area (Å²) >= 11 is 3.21. The third kappa shape index (κ3) is 4.50. The zero-order valence-corrected chi connectivity index (χ0v) is 20.8. The lowest BCUT2D eigenvalue weighted by Crippen LogP contribution is -2.49. The Morgan fingerprint density at radius 3 is 2.78 bits per heavy atom. The summed E-state index contributed by atoms with van der Waals surface area (Å²) in [6, 6.07) is 20.6. The largest absolute Gasteiger partial charge is 0.454 e. The minimum atomic E-state index is -0.184. The Hall–Kier alpha value is -3.62. The van der Waals surface area contributed by atoms with Gasteiger partial charge in [0.15, 0.2) is 17.3 Å². The first kappa shape index (κ1) is 22.8. The van der Waals surface area contributed by atoms with Gasteiger partial charge in [0, 0.05) is 21.0 Å². The zero-order valence-electron chi connectivity index (χ0n) is 19.1. The van der Waals surface area contributed by atoms with Crippen molar-refractivity contribution in [3.8, 4) is 11.5 Å². The Morgan fingerprint density at radius 2 is 1.83 bits per heavy atom. The van der Waals surface area contributed by atoms with Gasteiger partial charge in [-0.15, -0.1) is 23.5 Å². The second-order valence-corrected chi connectivity index (χ2v) is 10.7. The van der Waals surface area contributed by atoms with E-state index in [2.05, 4.69) is 23.5 Å². The molecule has 2 aliphatic heterocycles. The summed E-state index contributed by atoms with van der Waals surface area (Å²) in [5, 5.41) is 3.23. The number of anilines is 2. The van der Waals surface area contributed by atoms with E-state index in [1.54, 1.807) is 30.0 Å². The van der Waals surface area contributed by atoms with Crippen LogP contribution in [0.5, 0.6) is 11.5 Å². The fourth-order valence-corrected chi connectivity index (χ4v) is 6.48. The zero-order chi connectivity index (χ0) is 24.5. The first-order valence-corrected chi connectivity index (χ1v) is 13.4. The maximum atomic E-state index is 13.5. The van der Waals surface area contributed by atoms with Gasteiger partial charge in [0.1, 0.15) is 0 Å². The van der Waals surface area contributed by atoms with Gasteiger partial charge in [-0.3, -0.25) is 9.69 Å². The van der Waals surface area contributed by atoms with E-state index >= 15 is 0 Å². The highest BCUT2D eigenvalue weighted by Crippen LogP contribution is 2.43. The molecule has 2 amide bonds. The van der Waals surface area contributed by atoms with Crippen LogP contribution in [-0.2, 0) is 0 Å². The van der Waals surface area contributed by atoms with E-state index in [4.69, 9.17) is 9.47 Å². The van der Waals surface area contributed by atoms with E-state index in [-0.39, 0.29) is 35.7 Å². The fraction of sp³-hybridized carbons (Fsp3) is 0.143. The summed E-state index contributed by atoms with van der Waals surface area (Å²) in [5.74, 6) is 1.52. The molecule has 0 radical (unpaired) electrons. The van der Waals surface area contributed by atoms with Crippen LogP contribution >= 0.6 is 23.5 Å². The van der Waals surface area contributed by atoms with Gasteiger partial charge in [-0.05, 0) is 48.5 Å². The molecule has 3 aromatic carbocycles. The molecule has 0 fully saturated rings. The van der Waals surface area contributed by atoms with Crippen LogP contribution in [0.1, 0.15) is 10.4 Å². The third-order valence-electron chi connectivity index (χ3n) is 6.11. The van der Waals surface area contributed by atoms with Crippen molar-refractivity contribution in [2.24, 2.45) is 0 Å². The summed E-state index contributed by atoms with van der Waals surface area (Å²) in [5.41, 5.74) is 2.17. The predicted octanol–water partition coefficient (Wildman–Crippen LogP) is 6.40. The second-order valence-electron chi connectivity index (χ2n) is 8.42. The van der Waals surface area contributed by atoms with Crippen LogP contribution in [0.2, 0.25) is 0 Å². The Kier molecular flexibility index (Phi) is 6.21. The number of nitrogens with zero attached hydrogens (tertiary/aromatic N) is 1. The number of benzene rings is 3. The Labute approximate surface area is 217 Å². The molecule has 3 aliphatic rings. The number of nitrogens with one attached hydrogen (secondary N) is 1. The van der Waals surface area contributed by atoms with Crippen molar-refractivity contribution in [1.29, 1.82) is 0 Å². The maximum Gasteiger partial charge on any atom is 0.326 e. The summed E-state index contributed by atoms with van der Waals surface area (Å²) < 4.78 is 10.7. The van der Waals surface area contributed by atoms with Gasteiger partial charge in [0.2, 0.25) is 6.79 Å². The fourth-order valence-electron chi connectivity index (χ4n) is 4.37.